The Bertz CT molecular complexity index is 520. The summed E-state index contributed by atoms with van der Waals surface area (Å²) in [4.78, 5) is 0.327. The number of para-hydroxylation sites is 1. The van der Waals surface area contributed by atoms with Gasteiger partial charge in [0, 0.05) is 19.6 Å². The normalized spacial score (nSPS) is 12.7. The summed E-state index contributed by atoms with van der Waals surface area (Å²) in [6.07, 6.45) is 1.86. The van der Waals surface area contributed by atoms with Crippen molar-refractivity contribution in [2.24, 2.45) is 0 Å². The summed E-state index contributed by atoms with van der Waals surface area (Å²) in [7, 11) is -0.332. The molecule has 0 radical (unpaired) electrons. The number of hydrogen-bond acceptors (Lipinski definition) is 3. The molecule has 1 aromatic carbocycles. The number of rotatable bonds is 6. The highest BCUT2D eigenvalue weighted by Gasteiger charge is 2.25. The second-order valence-electron chi connectivity index (χ2n) is 5.18. The molecule has 4 nitrogen and oxygen atoms in total. The van der Waals surface area contributed by atoms with E-state index < -0.39 is 10.0 Å². The fraction of sp³-hybridized carbons (Fsp3) is 0.571. The zero-order valence-electron chi connectivity index (χ0n) is 12.4. The molecule has 0 aliphatic heterocycles. The van der Waals surface area contributed by atoms with E-state index in [9.17, 15) is 8.42 Å². The van der Waals surface area contributed by atoms with E-state index in [1.165, 1.54) is 4.31 Å². The van der Waals surface area contributed by atoms with Crippen molar-refractivity contribution in [3.8, 4) is 0 Å². The molecule has 0 atom stereocenters. The second-order valence-corrected chi connectivity index (χ2v) is 7.30. The number of anilines is 1. The molecule has 5 heteroatoms. The summed E-state index contributed by atoms with van der Waals surface area (Å²) in [6.45, 7) is 6.30. The summed E-state index contributed by atoms with van der Waals surface area (Å²) in [5.74, 6) is 0. The maximum absolute atomic E-state index is 12.3. The van der Waals surface area contributed by atoms with E-state index in [1.807, 2.05) is 12.1 Å². The lowest BCUT2D eigenvalue weighted by atomic mass is 9.95. The minimum absolute atomic E-state index is 0.0993. The van der Waals surface area contributed by atoms with Gasteiger partial charge in [-0.05, 0) is 31.9 Å². The first-order valence-corrected chi connectivity index (χ1v) is 8.00. The Kier molecular flexibility index (Phi) is 4.98. The Hall–Kier alpha value is -1.07. The SMILES string of the molecule is CCC(C)(CC)Nc1ccccc1S(=O)(=O)N(C)C. The molecule has 1 N–H and O–H groups in total. The quantitative estimate of drug-likeness (QED) is 0.874. The molecule has 0 bridgehead atoms. The summed E-state index contributed by atoms with van der Waals surface area (Å²) >= 11 is 0. The highest BCUT2D eigenvalue weighted by Crippen LogP contribution is 2.28. The second kappa shape index (κ2) is 5.92. The van der Waals surface area contributed by atoms with E-state index in [2.05, 4.69) is 26.1 Å². The number of nitrogens with one attached hydrogen (secondary N) is 1. The van der Waals surface area contributed by atoms with Gasteiger partial charge in [-0.15, -0.1) is 0 Å². The Morgan fingerprint density at radius 1 is 1.16 bits per heavy atom. The van der Waals surface area contributed by atoms with E-state index in [0.717, 1.165) is 12.8 Å². The molecule has 0 aromatic heterocycles. The smallest absolute Gasteiger partial charge is 0.244 e. The average Bonchev–Trinajstić information content (AvgIpc) is 2.38. The van der Waals surface area contributed by atoms with Crippen LogP contribution in [0.1, 0.15) is 33.6 Å². The van der Waals surface area contributed by atoms with Crippen molar-refractivity contribution in [1.29, 1.82) is 0 Å². The Morgan fingerprint density at radius 3 is 2.16 bits per heavy atom. The predicted octanol–water partition coefficient (Wildman–Crippen LogP) is 2.93. The van der Waals surface area contributed by atoms with Crippen LogP contribution in [-0.4, -0.2) is 32.4 Å². The first-order valence-electron chi connectivity index (χ1n) is 6.56. The summed E-state index contributed by atoms with van der Waals surface area (Å²) in [5, 5.41) is 3.38. The molecule has 0 unspecified atom stereocenters. The van der Waals surface area contributed by atoms with Crippen LogP contribution in [0.4, 0.5) is 5.69 Å². The molecule has 0 amide bonds. The monoisotopic (exact) mass is 284 g/mol. The minimum Gasteiger partial charge on any atom is -0.379 e. The van der Waals surface area contributed by atoms with E-state index in [-0.39, 0.29) is 5.54 Å². The van der Waals surface area contributed by atoms with Crippen LogP contribution in [0.5, 0.6) is 0 Å². The van der Waals surface area contributed by atoms with Crippen molar-refractivity contribution in [2.45, 2.75) is 44.0 Å². The Balaban J connectivity index is 3.25. The third-order valence-corrected chi connectivity index (χ3v) is 5.52. The van der Waals surface area contributed by atoms with Gasteiger partial charge in [0.15, 0.2) is 0 Å². The van der Waals surface area contributed by atoms with Crippen molar-refractivity contribution in [2.75, 3.05) is 19.4 Å². The maximum atomic E-state index is 12.3. The lowest BCUT2D eigenvalue weighted by molar-refractivity contribution is 0.476. The van der Waals surface area contributed by atoms with E-state index >= 15 is 0 Å². The minimum atomic E-state index is -3.43. The van der Waals surface area contributed by atoms with Crippen LogP contribution in [0.25, 0.3) is 0 Å². The molecule has 0 aliphatic carbocycles. The van der Waals surface area contributed by atoms with Crippen LogP contribution >= 0.6 is 0 Å². The molecule has 0 saturated heterocycles. The van der Waals surface area contributed by atoms with Gasteiger partial charge < -0.3 is 5.32 Å². The zero-order valence-corrected chi connectivity index (χ0v) is 13.2. The summed E-state index contributed by atoms with van der Waals surface area (Å²) < 4.78 is 25.8. The number of nitrogens with zero attached hydrogens (tertiary/aromatic N) is 1. The fourth-order valence-corrected chi connectivity index (χ4v) is 2.78. The maximum Gasteiger partial charge on any atom is 0.244 e. The molecule has 1 aromatic rings. The van der Waals surface area contributed by atoms with Crippen LogP contribution in [0.15, 0.2) is 29.2 Å². The zero-order chi connectivity index (χ0) is 14.7. The van der Waals surface area contributed by atoms with Crippen LogP contribution in [0.2, 0.25) is 0 Å². The molecule has 0 saturated carbocycles. The molecule has 0 spiro atoms. The highest BCUT2D eigenvalue weighted by molar-refractivity contribution is 7.89. The molecule has 108 valence electrons. The van der Waals surface area contributed by atoms with Gasteiger partial charge in [-0.2, -0.15) is 0 Å². The molecule has 19 heavy (non-hydrogen) atoms. The summed E-state index contributed by atoms with van der Waals surface area (Å²) in [6, 6.07) is 7.06. The Labute approximate surface area is 116 Å². The van der Waals surface area contributed by atoms with Crippen molar-refractivity contribution in [3.63, 3.8) is 0 Å². The predicted molar refractivity (Wildman–Crippen MR) is 79.9 cm³/mol. The van der Waals surface area contributed by atoms with Crippen molar-refractivity contribution in [1.82, 2.24) is 4.31 Å². The first-order chi connectivity index (χ1) is 8.77. The van der Waals surface area contributed by atoms with Gasteiger partial charge >= 0.3 is 0 Å². The van der Waals surface area contributed by atoms with Gasteiger partial charge in [-0.25, -0.2) is 12.7 Å². The van der Waals surface area contributed by atoms with Gasteiger partial charge in [-0.1, -0.05) is 26.0 Å². The number of benzene rings is 1. The molecule has 0 aliphatic rings. The molecule has 0 heterocycles. The van der Waals surface area contributed by atoms with Gasteiger partial charge in [0.05, 0.1) is 5.69 Å². The highest BCUT2D eigenvalue weighted by atomic mass is 32.2. The standard InChI is InChI=1S/C14H24N2O2S/c1-6-14(3,7-2)15-12-10-8-9-11-13(12)19(17,18)16(4)5/h8-11,15H,6-7H2,1-5H3. The fourth-order valence-electron chi connectivity index (χ4n) is 1.74. The topological polar surface area (TPSA) is 49.4 Å². The largest absolute Gasteiger partial charge is 0.379 e. The van der Waals surface area contributed by atoms with Crippen molar-refractivity contribution < 1.29 is 8.42 Å². The van der Waals surface area contributed by atoms with Gasteiger partial charge in [0.2, 0.25) is 10.0 Å². The van der Waals surface area contributed by atoms with Crippen LogP contribution in [0.3, 0.4) is 0 Å². The lowest BCUT2D eigenvalue weighted by Crippen LogP contribution is -2.34. The first kappa shape index (κ1) is 16.0. The van der Waals surface area contributed by atoms with Gasteiger partial charge in [-0.3, -0.25) is 0 Å². The summed E-state index contributed by atoms with van der Waals surface area (Å²) in [5.41, 5.74) is 0.570. The lowest BCUT2D eigenvalue weighted by Gasteiger charge is -2.30. The van der Waals surface area contributed by atoms with Crippen LogP contribution in [0, 0.1) is 0 Å². The number of hydrogen-bond donors (Lipinski definition) is 1. The molecule has 0 fully saturated rings. The van der Waals surface area contributed by atoms with E-state index in [1.54, 1.807) is 26.2 Å². The van der Waals surface area contributed by atoms with Gasteiger partial charge in [0.25, 0.3) is 0 Å². The van der Waals surface area contributed by atoms with E-state index in [0.29, 0.717) is 10.6 Å². The third kappa shape index (κ3) is 3.48. The van der Waals surface area contributed by atoms with E-state index in [4.69, 9.17) is 0 Å². The molecule has 1 rings (SSSR count). The Morgan fingerprint density at radius 2 is 1.68 bits per heavy atom. The third-order valence-electron chi connectivity index (χ3n) is 3.64. The van der Waals surface area contributed by atoms with Crippen LogP contribution in [-0.2, 0) is 10.0 Å². The molecular weight excluding hydrogens is 260 g/mol. The average molecular weight is 284 g/mol. The van der Waals surface area contributed by atoms with Crippen LogP contribution < -0.4 is 5.32 Å². The number of sulfonamides is 1. The van der Waals surface area contributed by atoms with Gasteiger partial charge in [0.1, 0.15) is 4.90 Å². The van der Waals surface area contributed by atoms with Crippen molar-refractivity contribution in [3.05, 3.63) is 24.3 Å². The molecular formula is C14H24N2O2S. The van der Waals surface area contributed by atoms with Crippen molar-refractivity contribution >= 4 is 15.7 Å².